The van der Waals surface area contributed by atoms with Gasteiger partial charge in [0.15, 0.2) is 0 Å². The molecule has 146 valence electrons. The summed E-state index contributed by atoms with van der Waals surface area (Å²) in [7, 11) is 1.93. The largest absolute Gasteiger partial charge is 0.487 e. The number of amides is 1. The smallest absolute Gasteiger partial charge is 0.220 e. The molecule has 2 heterocycles. The van der Waals surface area contributed by atoms with Crippen LogP contribution in [0.2, 0.25) is 0 Å². The third-order valence-electron chi connectivity index (χ3n) is 4.76. The quantitative estimate of drug-likeness (QED) is 0.653. The Morgan fingerprint density at radius 3 is 2.75 bits per heavy atom. The Kier molecular flexibility index (Phi) is 6.42. The van der Waals surface area contributed by atoms with Crippen molar-refractivity contribution >= 4 is 5.91 Å². The SMILES string of the molecule is Cc1nn(C)c(C)c1CCC(=O)NCc1cccc(OCc2ccccn2)c1. The summed E-state index contributed by atoms with van der Waals surface area (Å²) in [4.78, 5) is 16.5. The third-order valence-corrected chi connectivity index (χ3v) is 4.76. The lowest BCUT2D eigenvalue weighted by atomic mass is 10.1. The fourth-order valence-corrected chi connectivity index (χ4v) is 3.09. The molecule has 0 aliphatic heterocycles. The van der Waals surface area contributed by atoms with Gasteiger partial charge in [-0.1, -0.05) is 18.2 Å². The number of hydrogen-bond acceptors (Lipinski definition) is 4. The van der Waals surface area contributed by atoms with Gasteiger partial charge in [0.2, 0.25) is 5.91 Å². The van der Waals surface area contributed by atoms with Crippen LogP contribution < -0.4 is 10.1 Å². The van der Waals surface area contributed by atoms with Crippen LogP contribution in [0, 0.1) is 13.8 Å². The van der Waals surface area contributed by atoms with Crippen LogP contribution in [0.4, 0.5) is 0 Å². The number of nitrogens with one attached hydrogen (secondary N) is 1. The maximum absolute atomic E-state index is 12.2. The summed E-state index contributed by atoms with van der Waals surface area (Å²) >= 11 is 0. The van der Waals surface area contributed by atoms with E-state index in [1.807, 2.05) is 68.0 Å². The summed E-state index contributed by atoms with van der Waals surface area (Å²) < 4.78 is 7.65. The molecule has 0 spiro atoms. The minimum atomic E-state index is 0.0301. The molecule has 2 aromatic heterocycles. The molecule has 0 bridgehead atoms. The number of rotatable bonds is 8. The van der Waals surface area contributed by atoms with Crippen LogP contribution in [0.3, 0.4) is 0 Å². The number of aromatic nitrogens is 3. The van der Waals surface area contributed by atoms with Gasteiger partial charge < -0.3 is 10.1 Å². The highest BCUT2D eigenvalue weighted by Gasteiger charge is 2.11. The van der Waals surface area contributed by atoms with Gasteiger partial charge in [-0.3, -0.25) is 14.5 Å². The Balaban J connectivity index is 1.48. The number of carbonyl (C=O) groups is 1. The Morgan fingerprint density at radius 2 is 2.04 bits per heavy atom. The Hall–Kier alpha value is -3.15. The van der Waals surface area contributed by atoms with E-state index in [2.05, 4.69) is 15.4 Å². The first kappa shape index (κ1) is 19.6. The van der Waals surface area contributed by atoms with Crippen LogP contribution in [-0.2, 0) is 31.4 Å². The van der Waals surface area contributed by atoms with Crippen molar-refractivity contribution in [1.29, 1.82) is 0 Å². The van der Waals surface area contributed by atoms with Gasteiger partial charge in [0.05, 0.1) is 11.4 Å². The molecule has 1 N–H and O–H groups in total. The van der Waals surface area contributed by atoms with Crippen molar-refractivity contribution in [1.82, 2.24) is 20.1 Å². The van der Waals surface area contributed by atoms with Gasteiger partial charge in [-0.15, -0.1) is 0 Å². The van der Waals surface area contributed by atoms with Crippen molar-refractivity contribution in [2.45, 2.75) is 39.8 Å². The van der Waals surface area contributed by atoms with Crippen LogP contribution in [0.1, 0.15) is 34.6 Å². The van der Waals surface area contributed by atoms with Gasteiger partial charge in [0.1, 0.15) is 12.4 Å². The van der Waals surface area contributed by atoms with Crippen molar-refractivity contribution in [3.63, 3.8) is 0 Å². The minimum Gasteiger partial charge on any atom is -0.487 e. The zero-order valence-corrected chi connectivity index (χ0v) is 16.6. The first-order valence-electron chi connectivity index (χ1n) is 9.40. The molecule has 0 saturated heterocycles. The van der Waals surface area contributed by atoms with E-state index in [4.69, 9.17) is 4.74 Å². The molecule has 6 heteroatoms. The number of hydrogen-bond donors (Lipinski definition) is 1. The van der Waals surface area contributed by atoms with Crippen molar-refractivity contribution in [3.8, 4) is 5.75 Å². The molecule has 1 aromatic carbocycles. The molecular weight excluding hydrogens is 352 g/mol. The van der Waals surface area contributed by atoms with Crippen LogP contribution in [-0.4, -0.2) is 20.7 Å². The van der Waals surface area contributed by atoms with E-state index in [0.29, 0.717) is 26.0 Å². The van der Waals surface area contributed by atoms with E-state index in [0.717, 1.165) is 34.0 Å². The molecule has 3 rings (SSSR count). The second-order valence-corrected chi connectivity index (χ2v) is 6.81. The highest BCUT2D eigenvalue weighted by atomic mass is 16.5. The van der Waals surface area contributed by atoms with Gasteiger partial charge in [0, 0.05) is 31.9 Å². The Morgan fingerprint density at radius 1 is 1.18 bits per heavy atom. The zero-order valence-electron chi connectivity index (χ0n) is 16.6. The molecule has 0 radical (unpaired) electrons. The number of carbonyl (C=O) groups excluding carboxylic acids is 1. The molecule has 6 nitrogen and oxygen atoms in total. The first-order chi connectivity index (χ1) is 13.5. The molecule has 0 atom stereocenters. The lowest BCUT2D eigenvalue weighted by Gasteiger charge is -2.09. The molecule has 0 aliphatic carbocycles. The second-order valence-electron chi connectivity index (χ2n) is 6.81. The molecule has 0 saturated carbocycles. The number of benzene rings is 1. The average molecular weight is 378 g/mol. The minimum absolute atomic E-state index is 0.0301. The second kappa shape index (κ2) is 9.17. The maximum Gasteiger partial charge on any atom is 0.220 e. The lowest BCUT2D eigenvalue weighted by molar-refractivity contribution is -0.121. The normalized spacial score (nSPS) is 10.7. The van der Waals surface area contributed by atoms with Crippen LogP contribution in [0.25, 0.3) is 0 Å². The van der Waals surface area contributed by atoms with Gasteiger partial charge >= 0.3 is 0 Å². The standard InChI is InChI=1S/C22H26N4O2/c1-16-21(17(2)26(3)25-16)10-11-22(27)24-14-18-7-6-9-20(13-18)28-15-19-8-4-5-12-23-19/h4-9,12-13H,10-11,14-15H2,1-3H3,(H,24,27). The van der Waals surface area contributed by atoms with E-state index < -0.39 is 0 Å². The van der Waals surface area contributed by atoms with Crippen molar-refractivity contribution in [3.05, 3.63) is 76.9 Å². The van der Waals surface area contributed by atoms with E-state index in [9.17, 15) is 4.79 Å². The van der Waals surface area contributed by atoms with E-state index in [1.165, 1.54) is 0 Å². The fraction of sp³-hybridized carbons (Fsp3) is 0.318. The number of ether oxygens (including phenoxy) is 1. The molecular formula is C22H26N4O2. The van der Waals surface area contributed by atoms with Gasteiger partial charge in [-0.25, -0.2) is 0 Å². The summed E-state index contributed by atoms with van der Waals surface area (Å²) in [6, 6.07) is 13.5. The van der Waals surface area contributed by atoms with E-state index in [1.54, 1.807) is 6.20 Å². The average Bonchev–Trinajstić information content (AvgIpc) is 2.95. The predicted molar refractivity (Wildman–Crippen MR) is 108 cm³/mol. The third kappa shape index (κ3) is 5.19. The summed E-state index contributed by atoms with van der Waals surface area (Å²) in [5.74, 6) is 0.793. The number of nitrogens with zero attached hydrogens (tertiary/aromatic N) is 3. The summed E-state index contributed by atoms with van der Waals surface area (Å²) in [6.07, 6.45) is 2.90. The molecule has 0 aliphatic rings. The Bertz CT molecular complexity index is 935. The van der Waals surface area contributed by atoms with Crippen LogP contribution >= 0.6 is 0 Å². The molecule has 28 heavy (non-hydrogen) atoms. The predicted octanol–water partition coefficient (Wildman–Crippen LogP) is 3.26. The Labute approximate surface area is 165 Å². The lowest BCUT2D eigenvalue weighted by Crippen LogP contribution is -2.23. The van der Waals surface area contributed by atoms with Gasteiger partial charge in [-0.05, 0) is 55.7 Å². The molecule has 3 aromatic rings. The van der Waals surface area contributed by atoms with Crippen molar-refractivity contribution in [2.75, 3.05) is 0 Å². The fourth-order valence-electron chi connectivity index (χ4n) is 3.09. The summed E-state index contributed by atoms with van der Waals surface area (Å²) in [5, 5.41) is 7.38. The van der Waals surface area contributed by atoms with Gasteiger partial charge in [-0.2, -0.15) is 5.10 Å². The van der Waals surface area contributed by atoms with Crippen molar-refractivity contribution in [2.24, 2.45) is 7.05 Å². The highest BCUT2D eigenvalue weighted by molar-refractivity contribution is 5.76. The van der Waals surface area contributed by atoms with Crippen LogP contribution in [0.5, 0.6) is 5.75 Å². The van der Waals surface area contributed by atoms with Gasteiger partial charge in [0.25, 0.3) is 0 Å². The maximum atomic E-state index is 12.2. The monoisotopic (exact) mass is 378 g/mol. The molecule has 0 fully saturated rings. The zero-order chi connectivity index (χ0) is 19.9. The number of aryl methyl sites for hydroxylation is 2. The molecule has 0 unspecified atom stereocenters. The topological polar surface area (TPSA) is 69.0 Å². The van der Waals surface area contributed by atoms with Crippen LogP contribution in [0.15, 0.2) is 48.7 Å². The molecule has 1 amide bonds. The summed E-state index contributed by atoms with van der Waals surface area (Å²) in [5.41, 5.74) is 5.14. The number of pyridine rings is 1. The summed E-state index contributed by atoms with van der Waals surface area (Å²) in [6.45, 7) is 4.91. The van der Waals surface area contributed by atoms with E-state index >= 15 is 0 Å². The van der Waals surface area contributed by atoms with Crippen molar-refractivity contribution < 1.29 is 9.53 Å². The first-order valence-corrected chi connectivity index (χ1v) is 9.40. The van der Waals surface area contributed by atoms with E-state index in [-0.39, 0.29) is 5.91 Å². The highest BCUT2D eigenvalue weighted by Crippen LogP contribution is 2.16.